The smallest absolute Gasteiger partial charge is 0.261 e. The highest BCUT2D eigenvalue weighted by Crippen LogP contribution is 2.24. The van der Waals surface area contributed by atoms with Gasteiger partial charge in [-0.1, -0.05) is 91.1 Å². The molecule has 3 aromatic rings. The quantitative estimate of drug-likeness (QED) is 0.301. The number of amides is 2. The van der Waals surface area contributed by atoms with Gasteiger partial charge < -0.3 is 15.0 Å². The van der Waals surface area contributed by atoms with Crippen LogP contribution in [0.1, 0.15) is 25.0 Å². The van der Waals surface area contributed by atoms with E-state index in [1.54, 1.807) is 42.5 Å². The maximum absolute atomic E-state index is 13.6. The first-order valence-corrected chi connectivity index (χ1v) is 12.8. The zero-order chi connectivity index (χ0) is 26.1. The second-order valence-electron chi connectivity index (χ2n) is 8.85. The van der Waals surface area contributed by atoms with Crippen molar-refractivity contribution in [1.29, 1.82) is 0 Å². The number of hydrogen-bond donors (Lipinski definition) is 1. The summed E-state index contributed by atoms with van der Waals surface area (Å²) < 4.78 is 5.73. The maximum atomic E-state index is 13.6. The van der Waals surface area contributed by atoms with Crippen molar-refractivity contribution in [2.45, 2.75) is 32.9 Å². The molecule has 36 heavy (non-hydrogen) atoms. The van der Waals surface area contributed by atoms with E-state index in [1.165, 1.54) is 4.90 Å². The Morgan fingerprint density at radius 2 is 1.64 bits per heavy atom. The van der Waals surface area contributed by atoms with Crippen molar-refractivity contribution in [2.75, 3.05) is 13.2 Å². The molecule has 3 rings (SSSR count). The van der Waals surface area contributed by atoms with Gasteiger partial charge in [-0.05, 0) is 47.4 Å². The van der Waals surface area contributed by atoms with Crippen LogP contribution in [0.5, 0.6) is 5.75 Å². The Labute approximate surface area is 227 Å². The second kappa shape index (κ2) is 13.5. The normalized spacial score (nSPS) is 11.7. The van der Waals surface area contributed by atoms with Crippen molar-refractivity contribution in [3.05, 3.63) is 99.0 Å². The molecule has 0 aliphatic heterocycles. The first-order valence-electron chi connectivity index (χ1n) is 11.7. The van der Waals surface area contributed by atoms with E-state index in [9.17, 15) is 9.59 Å². The molecule has 0 aliphatic rings. The number of nitrogens with one attached hydrogen (secondary N) is 1. The molecule has 3 aromatic carbocycles. The van der Waals surface area contributed by atoms with Crippen molar-refractivity contribution in [3.8, 4) is 5.75 Å². The fraction of sp³-hybridized carbons (Fsp3) is 0.286. The lowest BCUT2D eigenvalue weighted by molar-refractivity contribution is -0.142. The molecule has 5 nitrogen and oxygen atoms in total. The Morgan fingerprint density at radius 3 is 2.31 bits per heavy atom. The van der Waals surface area contributed by atoms with Gasteiger partial charge in [0.25, 0.3) is 5.91 Å². The zero-order valence-electron chi connectivity index (χ0n) is 20.2. The highest BCUT2D eigenvalue weighted by Gasteiger charge is 2.31. The van der Waals surface area contributed by atoms with Crippen LogP contribution in [0.25, 0.3) is 0 Å². The van der Waals surface area contributed by atoms with Crippen LogP contribution in [-0.4, -0.2) is 35.9 Å². The van der Waals surface area contributed by atoms with E-state index in [-0.39, 0.29) is 30.9 Å². The third kappa shape index (κ3) is 8.44. The summed E-state index contributed by atoms with van der Waals surface area (Å²) >= 11 is 18.6. The van der Waals surface area contributed by atoms with E-state index in [2.05, 4.69) is 5.32 Å². The molecule has 2 amide bonds. The Balaban J connectivity index is 1.93. The minimum Gasteiger partial charge on any atom is -0.484 e. The lowest BCUT2D eigenvalue weighted by Gasteiger charge is -2.32. The molecule has 0 spiro atoms. The number of rotatable bonds is 11. The molecular formula is C28H29Cl3N2O3. The lowest BCUT2D eigenvalue weighted by atomic mass is 10.0. The van der Waals surface area contributed by atoms with Gasteiger partial charge in [0.1, 0.15) is 11.8 Å². The van der Waals surface area contributed by atoms with Gasteiger partial charge in [0.05, 0.1) is 0 Å². The highest BCUT2D eigenvalue weighted by atomic mass is 35.5. The van der Waals surface area contributed by atoms with Gasteiger partial charge in [0.2, 0.25) is 5.91 Å². The molecule has 8 heteroatoms. The highest BCUT2D eigenvalue weighted by molar-refractivity contribution is 6.35. The Kier molecular flexibility index (Phi) is 10.5. The van der Waals surface area contributed by atoms with Crippen LogP contribution in [0.15, 0.2) is 72.8 Å². The molecule has 0 fully saturated rings. The van der Waals surface area contributed by atoms with Gasteiger partial charge in [0.15, 0.2) is 6.61 Å². The van der Waals surface area contributed by atoms with E-state index >= 15 is 0 Å². The van der Waals surface area contributed by atoms with Crippen molar-refractivity contribution in [3.63, 3.8) is 0 Å². The van der Waals surface area contributed by atoms with Crippen molar-refractivity contribution in [2.24, 2.45) is 5.92 Å². The lowest BCUT2D eigenvalue weighted by Crippen LogP contribution is -2.52. The largest absolute Gasteiger partial charge is 0.484 e. The average molecular weight is 548 g/mol. The summed E-state index contributed by atoms with van der Waals surface area (Å²) in [5.41, 5.74) is 1.60. The summed E-state index contributed by atoms with van der Waals surface area (Å²) in [6.07, 6.45) is 0.332. The van der Waals surface area contributed by atoms with Crippen molar-refractivity contribution >= 4 is 46.6 Å². The number of benzene rings is 3. The molecule has 1 atom stereocenters. The summed E-state index contributed by atoms with van der Waals surface area (Å²) in [6, 6.07) is 20.7. The minimum absolute atomic E-state index is 0.111. The Bertz CT molecular complexity index is 1170. The fourth-order valence-corrected chi connectivity index (χ4v) is 4.24. The fourth-order valence-electron chi connectivity index (χ4n) is 3.59. The topological polar surface area (TPSA) is 58.6 Å². The zero-order valence-corrected chi connectivity index (χ0v) is 22.5. The summed E-state index contributed by atoms with van der Waals surface area (Å²) in [7, 11) is 0. The van der Waals surface area contributed by atoms with Gasteiger partial charge in [-0.25, -0.2) is 0 Å². The van der Waals surface area contributed by atoms with Gasteiger partial charge >= 0.3 is 0 Å². The van der Waals surface area contributed by atoms with E-state index in [4.69, 9.17) is 39.5 Å². The Hall–Kier alpha value is -2.73. The standard InChI is InChI=1S/C28H29Cl3N2O3/c1-19(2)16-32-28(35)26(13-20-7-4-3-5-8-20)33(17-21-11-12-23(30)15-25(21)31)27(34)18-36-24-10-6-9-22(29)14-24/h3-12,14-15,19,26H,13,16-18H2,1-2H3,(H,32,35)/t26-/m1/s1. The van der Waals surface area contributed by atoms with E-state index in [1.807, 2.05) is 44.2 Å². The molecule has 0 unspecified atom stereocenters. The number of nitrogens with zero attached hydrogens (tertiary/aromatic N) is 1. The molecule has 0 saturated carbocycles. The molecular weight excluding hydrogens is 519 g/mol. The third-order valence-electron chi connectivity index (χ3n) is 5.47. The van der Waals surface area contributed by atoms with E-state index in [0.29, 0.717) is 39.3 Å². The molecule has 0 bridgehead atoms. The number of hydrogen-bond acceptors (Lipinski definition) is 3. The predicted octanol–water partition coefficient (Wildman–Crippen LogP) is 6.44. The average Bonchev–Trinajstić information content (AvgIpc) is 2.85. The summed E-state index contributed by atoms with van der Waals surface area (Å²) in [5, 5.41) is 4.38. The van der Waals surface area contributed by atoms with Crippen LogP contribution in [0.4, 0.5) is 0 Å². The molecule has 0 saturated heterocycles. The van der Waals surface area contributed by atoms with Crippen LogP contribution >= 0.6 is 34.8 Å². The van der Waals surface area contributed by atoms with Crippen LogP contribution in [0.3, 0.4) is 0 Å². The van der Waals surface area contributed by atoms with Gasteiger partial charge in [-0.3, -0.25) is 9.59 Å². The van der Waals surface area contributed by atoms with Crippen molar-refractivity contribution in [1.82, 2.24) is 10.2 Å². The van der Waals surface area contributed by atoms with Gasteiger partial charge in [-0.15, -0.1) is 0 Å². The second-order valence-corrected chi connectivity index (χ2v) is 10.1. The summed E-state index contributed by atoms with van der Waals surface area (Å²) in [5.74, 6) is 0.118. The molecule has 190 valence electrons. The molecule has 0 aliphatic carbocycles. The van der Waals surface area contributed by atoms with E-state index in [0.717, 1.165) is 5.56 Å². The predicted molar refractivity (Wildman–Crippen MR) is 146 cm³/mol. The van der Waals surface area contributed by atoms with Crippen LogP contribution in [0.2, 0.25) is 15.1 Å². The van der Waals surface area contributed by atoms with Crippen LogP contribution in [0, 0.1) is 5.92 Å². The van der Waals surface area contributed by atoms with Crippen LogP contribution < -0.4 is 10.1 Å². The third-order valence-corrected chi connectivity index (χ3v) is 6.29. The van der Waals surface area contributed by atoms with Gasteiger partial charge in [-0.2, -0.15) is 0 Å². The number of ether oxygens (including phenoxy) is 1. The molecule has 0 aromatic heterocycles. The molecule has 0 heterocycles. The number of carbonyl (C=O) groups excluding carboxylic acids is 2. The number of carbonyl (C=O) groups is 2. The summed E-state index contributed by atoms with van der Waals surface area (Å²) in [6.45, 7) is 4.37. The SMILES string of the molecule is CC(C)CNC(=O)[C@@H](Cc1ccccc1)N(Cc1ccc(Cl)cc1Cl)C(=O)COc1cccc(Cl)c1. The monoisotopic (exact) mass is 546 g/mol. The first kappa shape index (κ1) is 27.9. The summed E-state index contributed by atoms with van der Waals surface area (Å²) in [4.78, 5) is 28.5. The Morgan fingerprint density at radius 1 is 0.917 bits per heavy atom. The van der Waals surface area contributed by atoms with E-state index < -0.39 is 6.04 Å². The van der Waals surface area contributed by atoms with Crippen molar-refractivity contribution < 1.29 is 14.3 Å². The molecule has 0 radical (unpaired) electrons. The maximum Gasteiger partial charge on any atom is 0.261 e. The number of halogens is 3. The van der Waals surface area contributed by atoms with Gasteiger partial charge in [0, 0.05) is 34.6 Å². The van der Waals surface area contributed by atoms with Crippen LogP contribution in [-0.2, 0) is 22.6 Å². The molecule has 1 N–H and O–H groups in total. The minimum atomic E-state index is -0.784. The first-order chi connectivity index (χ1) is 17.2.